The molecule has 0 saturated carbocycles. The third-order valence-corrected chi connectivity index (χ3v) is 3.38. The van der Waals surface area contributed by atoms with Crippen molar-refractivity contribution in [3.8, 4) is 0 Å². The molecule has 2 aromatic rings. The van der Waals surface area contributed by atoms with E-state index in [1.165, 1.54) is 19.1 Å². The minimum atomic E-state index is -4.29. The summed E-state index contributed by atoms with van der Waals surface area (Å²) in [5.74, 6) is -0.250. The first-order valence-corrected chi connectivity index (χ1v) is 6.60. The zero-order valence-corrected chi connectivity index (χ0v) is 10.4. The number of anilines is 1. The molecule has 0 unspecified atom stereocenters. The molecule has 18 heavy (non-hydrogen) atoms. The number of benzene rings is 2. The summed E-state index contributed by atoms with van der Waals surface area (Å²) in [5.41, 5.74) is 0.505. The number of carbonyl (C=O) groups excluding carboxylic acids is 1. The van der Waals surface area contributed by atoms with Crippen molar-refractivity contribution in [2.45, 2.75) is 11.8 Å². The predicted molar refractivity (Wildman–Crippen MR) is 68.1 cm³/mol. The Labute approximate surface area is 104 Å². The summed E-state index contributed by atoms with van der Waals surface area (Å²) in [6.45, 7) is 1.37. The van der Waals surface area contributed by atoms with Crippen molar-refractivity contribution in [3.05, 3.63) is 36.4 Å². The van der Waals surface area contributed by atoms with Gasteiger partial charge in [0, 0.05) is 23.4 Å². The second-order valence-electron chi connectivity index (χ2n) is 3.81. The lowest BCUT2D eigenvalue weighted by atomic mass is 10.1. The average molecular weight is 265 g/mol. The van der Waals surface area contributed by atoms with Crippen LogP contribution in [0.5, 0.6) is 0 Å². The Morgan fingerprint density at radius 2 is 1.72 bits per heavy atom. The van der Waals surface area contributed by atoms with Crippen LogP contribution in [0.1, 0.15) is 6.92 Å². The molecule has 0 spiro atoms. The lowest BCUT2D eigenvalue weighted by Gasteiger charge is -2.09. The first kappa shape index (κ1) is 12.5. The Bertz CT molecular complexity index is 722. The molecular weight excluding hydrogens is 254 g/mol. The molecule has 0 aliphatic heterocycles. The normalized spacial score (nSPS) is 11.4. The maximum absolute atomic E-state index is 11.2. The molecular formula is C12H11NO4S. The highest BCUT2D eigenvalue weighted by Gasteiger charge is 2.15. The standard InChI is InChI=1S/C12H11NO4S/c1-8(14)13-11-6-7-12(18(15,16)17)10-5-3-2-4-9(10)11/h2-7H,1H3,(H,13,14)(H,15,16,17). The van der Waals surface area contributed by atoms with Crippen LogP contribution in [0.25, 0.3) is 10.8 Å². The molecule has 5 nitrogen and oxygen atoms in total. The fourth-order valence-electron chi connectivity index (χ4n) is 1.80. The van der Waals surface area contributed by atoms with Crippen molar-refractivity contribution in [1.29, 1.82) is 0 Å². The zero-order chi connectivity index (χ0) is 13.3. The third kappa shape index (κ3) is 2.34. The smallest absolute Gasteiger partial charge is 0.295 e. The van der Waals surface area contributed by atoms with Gasteiger partial charge in [0.25, 0.3) is 10.1 Å². The molecule has 2 N–H and O–H groups in total. The van der Waals surface area contributed by atoms with Gasteiger partial charge in [-0.05, 0) is 12.1 Å². The fraction of sp³-hybridized carbons (Fsp3) is 0.0833. The van der Waals surface area contributed by atoms with Gasteiger partial charge < -0.3 is 5.32 Å². The fourth-order valence-corrected chi connectivity index (χ4v) is 2.49. The largest absolute Gasteiger partial charge is 0.326 e. The van der Waals surface area contributed by atoms with Gasteiger partial charge in [0.15, 0.2) is 0 Å². The molecule has 0 aromatic heterocycles. The molecule has 0 aliphatic rings. The van der Waals surface area contributed by atoms with Gasteiger partial charge in [-0.2, -0.15) is 8.42 Å². The van der Waals surface area contributed by atoms with Gasteiger partial charge in [0.2, 0.25) is 5.91 Å². The third-order valence-electron chi connectivity index (χ3n) is 2.47. The second kappa shape index (κ2) is 4.40. The molecule has 2 rings (SSSR count). The highest BCUT2D eigenvalue weighted by atomic mass is 32.2. The molecule has 0 fully saturated rings. The predicted octanol–water partition coefficient (Wildman–Crippen LogP) is 2.04. The highest BCUT2D eigenvalue weighted by molar-refractivity contribution is 7.86. The van der Waals surface area contributed by atoms with E-state index in [9.17, 15) is 13.2 Å². The van der Waals surface area contributed by atoms with E-state index in [1.54, 1.807) is 24.3 Å². The van der Waals surface area contributed by atoms with Crippen LogP contribution in [0, 0.1) is 0 Å². The van der Waals surface area contributed by atoms with Gasteiger partial charge in [0.05, 0.1) is 0 Å². The van der Waals surface area contributed by atoms with Crippen LogP contribution >= 0.6 is 0 Å². The first-order valence-electron chi connectivity index (χ1n) is 5.16. The van der Waals surface area contributed by atoms with Crippen LogP contribution < -0.4 is 5.32 Å². The minimum absolute atomic E-state index is 0.174. The molecule has 2 aromatic carbocycles. The lowest BCUT2D eigenvalue weighted by Crippen LogP contribution is -2.07. The molecule has 0 bridgehead atoms. The summed E-state index contributed by atoms with van der Waals surface area (Å²) in [6, 6.07) is 9.35. The molecule has 0 saturated heterocycles. The lowest BCUT2D eigenvalue weighted by molar-refractivity contribution is -0.114. The summed E-state index contributed by atoms with van der Waals surface area (Å²) < 4.78 is 31.6. The zero-order valence-electron chi connectivity index (χ0n) is 9.54. The van der Waals surface area contributed by atoms with E-state index in [1.807, 2.05) is 0 Å². The Morgan fingerprint density at radius 1 is 1.11 bits per heavy atom. The van der Waals surface area contributed by atoms with Crippen molar-refractivity contribution in [2.75, 3.05) is 5.32 Å². The van der Waals surface area contributed by atoms with E-state index in [0.717, 1.165) is 0 Å². The van der Waals surface area contributed by atoms with E-state index in [0.29, 0.717) is 16.5 Å². The van der Waals surface area contributed by atoms with Crippen molar-refractivity contribution in [2.24, 2.45) is 0 Å². The molecule has 0 aliphatic carbocycles. The summed E-state index contributed by atoms with van der Waals surface area (Å²) >= 11 is 0. The Balaban J connectivity index is 2.78. The summed E-state index contributed by atoms with van der Waals surface area (Å²) in [5, 5.41) is 3.54. The first-order chi connectivity index (χ1) is 8.39. The van der Waals surface area contributed by atoms with Crippen LogP contribution in [0.2, 0.25) is 0 Å². The number of amides is 1. The van der Waals surface area contributed by atoms with Crippen molar-refractivity contribution in [1.82, 2.24) is 0 Å². The van der Waals surface area contributed by atoms with Crippen LogP contribution in [0.4, 0.5) is 5.69 Å². The van der Waals surface area contributed by atoms with Crippen LogP contribution in [0.15, 0.2) is 41.3 Å². The Kier molecular flexibility index (Phi) is 3.06. The summed E-state index contributed by atoms with van der Waals surface area (Å²) in [4.78, 5) is 10.9. The van der Waals surface area contributed by atoms with Gasteiger partial charge in [-0.1, -0.05) is 24.3 Å². The molecule has 0 heterocycles. The Hall–Kier alpha value is -1.92. The van der Waals surface area contributed by atoms with Gasteiger partial charge in [0.1, 0.15) is 4.90 Å². The number of hydrogen-bond donors (Lipinski definition) is 2. The van der Waals surface area contributed by atoms with E-state index < -0.39 is 10.1 Å². The van der Waals surface area contributed by atoms with Crippen molar-refractivity contribution in [3.63, 3.8) is 0 Å². The Morgan fingerprint density at radius 3 is 2.28 bits per heavy atom. The number of nitrogens with one attached hydrogen (secondary N) is 1. The monoisotopic (exact) mass is 265 g/mol. The van der Waals surface area contributed by atoms with Crippen LogP contribution in [0.3, 0.4) is 0 Å². The van der Waals surface area contributed by atoms with E-state index in [4.69, 9.17) is 4.55 Å². The quantitative estimate of drug-likeness (QED) is 0.814. The number of fused-ring (bicyclic) bond motifs is 1. The SMILES string of the molecule is CC(=O)Nc1ccc(S(=O)(=O)O)c2ccccc12. The number of hydrogen-bond acceptors (Lipinski definition) is 3. The number of rotatable bonds is 2. The molecule has 6 heteroatoms. The maximum atomic E-state index is 11.2. The average Bonchev–Trinajstić information content (AvgIpc) is 2.27. The molecule has 94 valence electrons. The molecule has 1 amide bonds. The van der Waals surface area contributed by atoms with Crippen molar-refractivity contribution < 1.29 is 17.8 Å². The van der Waals surface area contributed by atoms with Gasteiger partial charge >= 0.3 is 0 Å². The van der Waals surface area contributed by atoms with E-state index in [-0.39, 0.29) is 10.8 Å². The minimum Gasteiger partial charge on any atom is -0.326 e. The van der Waals surface area contributed by atoms with Crippen molar-refractivity contribution >= 4 is 32.5 Å². The van der Waals surface area contributed by atoms with Gasteiger partial charge in [-0.3, -0.25) is 9.35 Å². The highest BCUT2D eigenvalue weighted by Crippen LogP contribution is 2.29. The van der Waals surface area contributed by atoms with E-state index in [2.05, 4.69) is 5.32 Å². The molecule has 0 radical (unpaired) electrons. The second-order valence-corrected chi connectivity index (χ2v) is 5.20. The van der Waals surface area contributed by atoms with Crippen LogP contribution in [-0.2, 0) is 14.9 Å². The molecule has 0 atom stereocenters. The van der Waals surface area contributed by atoms with Crippen LogP contribution in [-0.4, -0.2) is 18.9 Å². The van der Waals surface area contributed by atoms with E-state index >= 15 is 0 Å². The van der Waals surface area contributed by atoms with Gasteiger partial charge in [-0.15, -0.1) is 0 Å². The summed E-state index contributed by atoms with van der Waals surface area (Å²) in [7, 11) is -4.29. The number of carbonyl (C=O) groups is 1. The topological polar surface area (TPSA) is 83.5 Å². The maximum Gasteiger partial charge on any atom is 0.295 e. The summed E-state index contributed by atoms with van der Waals surface area (Å²) in [6.07, 6.45) is 0. The van der Waals surface area contributed by atoms with Gasteiger partial charge in [-0.25, -0.2) is 0 Å².